The van der Waals surface area contributed by atoms with E-state index in [-0.39, 0.29) is 5.60 Å². The average Bonchev–Trinajstić information content (AvgIpc) is 3.04. The number of nitrogens with one attached hydrogen (secondary N) is 1. The monoisotopic (exact) mass is 282 g/mol. The first-order valence-corrected chi connectivity index (χ1v) is 8.27. The Kier molecular flexibility index (Phi) is 5.37. The summed E-state index contributed by atoms with van der Waals surface area (Å²) in [4.78, 5) is 4.62. The fraction of sp³-hybridized carbons (Fsp3) is 0.800. The van der Waals surface area contributed by atoms with Crippen LogP contribution in [0, 0.1) is 6.92 Å². The predicted octanol–water partition coefficient (Wildman–Crippen LogP) is 3.32. The number of nitrogens with zero attached hydrogens (tertiary/aromatic N) is 1. The van der Waals surface area contributed by atoms with Gasteiger partial charge in [-0.15, -0.1) is 11.3 Å². The molecule has 19 heavy (non-hydrogen) atoms. The van der Waals surface area contributed by atoms with Gasteiger partial charge in [0.15, 0.2) is 0 Å². The van der Waals surface area contributed by atoms with E-state index in [0.717, 1.165) is 24.4 Å². The number of thiazole rings is 1. The third-order valence-corrected chi connectivity index (χ3v) is 5.03. The smallest absolute Gasteiger partial charge is 0.0897 e. The molecule has 1 fully saturated rings. The van der Waals surface area contributed by atoms with Crippen molar-refractivity contribution >= 4 is 11.3 Å². The summed E-state index contributed by atoms with van der Waals surface area (Å²) in [7, 11) is 1.87. The SMILES string of the molecule is CCCNC(Cc1csc(C)n1)C1(OC)CCCC1. The number of methoxy groups -OCH3 is 1. The molecular formula is C15H26N2OS. The van der Waals surface area contributed by atoms with Crippen molar-refractivity contribution < 1.29 is 4.74 Å². The molecule has 4 heteroatoms. The maximum absolute atomic E-state index is 5.95. The Morgan fingerprint density at radius 3 is 2.74 bits per heavy atom. The van der Waals surface area contributed by atoms with Crippen molar-refractivity contribution in [2.45, 2.75) is 64.0 Å². The van der Waals surface area contributed by atoms with E-state index in [9.17, 15) is 0 Å². The molecule has 1 aromatic rings. The molecule has 1 N–H and O–H groups in total. The van der Waals surface area contributed by atoms with Gasteiger partial charge >= 0.3 is 0 Å². The lowest BCUT2D eigenvalue weighted by Crippen LogP contribution is -2.52. The van der Waals surface area contributed by atoms with Crippen LogP contribution in [0.3, 0.4) is 0 Å². The molecule has 1 aromatic heterocycles. The molecule has 1 aliphatic rings. The zero-order chi connectivity index (χ0) is 13.7. The number of ether oxygens (including phenoxy) is 1. The maximum Gasteiger partial charge on any atom is 0.0897 e. The lowest BCUT2D eigenvalue weighted by atomic mass is 9.88. The lowest BCUT2D eigenvalue weighted by Gasteiger charge is -2.37. The van der Waals surface area contributed by atoms with Crippen LogP contribution in [0.25, 0.3) is 0 Å². The van der Waals surface area contributed by atoms with Gasteiger partial charge in [0.1, 0.15) is 0 Å². The minimum absolute atomic E-state index is 0.0205. The quantitative estimate of drug-likeness (QED) is 0.833. The van der Waals surface area contributed by atoms with E-state index in [2.05, 4.69) is 29.5 Å². The van der Waals surface area contributed by atoms with E-state index < -0.39 is 0 Å². The predicted molar refractivity (Wildman–Crippen MR) is 80.8 cm³/mol. The Balaban J connectivity index is 2.10. The molecule has 0 saturated heterocycles. The van der Waals surface area contributed by atoms with Crippen molar-refractivity contribution in [2.24, 2.45) is 0 Å². The highest BCUT2D eigenvalue weighted by molar-refractivity contribution is 7.09. The van der Waals surface area contributed by atoms with E-state index in [1.54, 1.807) is 11.3 Å². The summed E-state index contributed by atoms with van der Waals surface area (Å²) in [5.41, 5.74) is 1.23. The molecule has 0 aliphatic heterocycles. The summed E-state index contributed by atoms with van der Waals surface area (Å²) >= 11 is 1.74. The fourth-order valence-electron chi connectivity index (χ4n) is 3.14. The molecule has 1 atom stereocenters. The third kappa shape index (κ3) is 3.56. The number of aromatic nitrogens is 1. The van der Waals surface area contributed by atoms with E-state index >= 15 is 0 Å². The normalized spacial score (nSPS) is 19.7. The standard InChI is InChI=1S/C15H26N2OS/c1-4-9-16-14(10-13-11-19-12(2)17-13)15(18-3)7-5-6-8-15/h11,14,16H,4-10H2,1-3H3. The third-order valence-electron chi connectivity index (χ3n) is 4.21. The first-order chi connectivity index (χ1) is 9.20. The molecule has 3 nitrogen and oxygen atoms in total. The van der Waals surface area contributed by atoms with Crippen LogP contribution in [0.5, 0.6) is 0 Å². The molecule has 0 spiro atoms. The van der Waals surface area contributed by atoms with Crippen LogP contribution in [-0.4, -0.2) is 30.3 Å². The largest absolute Gasteiger partial charge is 0.377 e. The van der Waals surface area contributed by atoms with Crippen LogP contribution < -0.4 is 5.32 Å². The van der Waals surface area contributed by atoms with Gasteiger partial charge in [0, 0.05) is 25.0 Å². The van der Waals surface area contributed by atoms with Crippen molar-refractivity contribution in [3.63, 3.8) is 0 Å². The molecule has 2 rings (SSSR count). The van der Waals surface area contributed by atoms with Gasteiger partial charge in [0.25, 0.3) is 0 Å². The van der Waals surface area contributed by atoms with E-state index in [1.165, 1.54) is 31.4 Å². The number of rotatable bonds is 7. The second-order valence-electron chi connectivity index (χ2n) is 5.54. The van der Waals surface area contributed by atoms with Gasteiger partial charge in [-0.2, -0.15) is 0 Å². The molecule has 1 unspecified atom stereocenters. The van der Waals surface area contributed by atoms with Crippen molar-refractivity contribution in [3.05, 3.63) is 16.1 Å². The molecule has 1 aliphatic carbocycles. The Labute approximate surface area is 120 Å². The molecular weight excluding hydrogens is 256 g/mol. The summed E-state index contributed by atoms with van der Waals surface area (Å²) in [5.74, 6) is 0. The van der Waals surface area contributed by atoms with Crippen LogP contribution in [0.4, 0.5) is 0 Å². The Hall–Kier alpha value is -0.450. The summed E-state index contributed by atoms with van der Waals surface area (Å²) < 4.78 is 5.95. The van der Waals surface area contributed by atoms with Gasteiger partial charge in [0.05, 0.1) is 16.3 Å². The highest BCUT2D eigenvalue weighted by atomic mass is 32.1. The molecule has 1 saturated carbocycles. The van der Waals surface area contributed by atoms with Crippen molar-refractivity contribution in [3.8, 4) is 0 Å². The van der Waals surface area contributed by atoms with Gasteiger partial charge in [-0.1, -0.05) is 19.8 Å². The van der Waals surface area contributed by atoms with Crippen molar-refractivity contribution in [1.29, 1.82) is 0 Å². The summed E-state index contributed by atoms with van der Waals surface area (Å²) in [6.45, 7) is 5.34. The zero-order valence-electron chi connectivity index (χ0n) is 12.4. The summed E-state index contributed by atoms with van der Waals surface area (Å²) in [6.07, 6.45) is 7.06. The van der Waals surface area contributed by atoms with Gasteiger partial charge < -0.3 is 10.1 Å². The topological polar surface area (TPSA) is 34.2 Å². The van der Waals surface area contributed by atoms with Gasteiger partial charge in [-0.05, 0) is 32.7 Å². The van der Waals surface area contributed by atoms with Crippen molar-refractivity contribution in [2.75, 3.05) is 13.7 Å². The molecule has 0 bridgehead atoms. The number of aryl methyl sites for hydroxylation is 1. The van der Waals surface area contributed by atoms with Gasteiger partial charge in [-0.3, -0.25) is 0 Å². The molecule has 0 amide bonds. The molecule has 0 radical (unpaired) electrons. The number of hydrogen-bond acceptors (Lipinski definition) is 4. The summed E-state index contributed by atoms with van der Waals surface area (Å²) in [6, 6.07) is 0.390. The lowest BCUT2D eigenvalue weighted by molar-refractivity contribution is -0.0356. The van der Waals surface area contributed by atoms with Crippen LogP contribution in [0.1, 0.15) is 49.7 Å². The minimum atomic E-state index is 0.0205. The second kappa shape index (κ2) is 6.82. The van der Waals surface area contributed by atoms with E-state index in [4.69, 9.17) is 4.74 Å². The maximum atomic E-state index is 5.95. The Bertz CT molecular complexity index is 385. The van der Waals surface area contributed by atoms with E-state index in [0.29, 0.717) is 6.04 Å². The van der Waals surface area contributed by atoms with Crippen molar-refractivity contribution in [1.82, 2.24) is 10.3 Å². The van der Waals surface area contributed by atoms with Gasteiger partial charge in [0.2, 0.25) is 0 Å². The van der Waals surface area contributed by atoms with Crippen LogP contribution in [0.2, 0.25) is 0 Å². The molecule has 108 valence electrons. The minimum Gasteiger partial charge on any atom is -0.377 e. The Morgan fingerprint density at radius 1 is 1.47 bits per heavy atom. The zero-order valence-corrected chi connectivity index (χ0v) is 13.2. The Morgan fingerprint density at radius 2 is 2.21 bits per heavy atom. The molecule has 1 heterocycles. The number of hydrogen-bond donors (Lipinski definition) is 1. The first kappa shape index (κ1) is 14.9. The van der Waals surface area contributed by atoms with Crippen LogP contribution in [0.15, 0.2) is 5.38 Å². The highest BCUT2D eigenvalue weighted by Crippen LogP contribution is 2.36. The van der Waals surface area contributed by atoms with Crippen LogP contribution in [-0.2, 0) is 11.2 Å². The van der Waals surface area contributed by atoms with Crippen LogP contribution >= 0.6 is 11.3 Å². The molecule has 0 aromatic carbocycles. The summed E-state index contributed by atoms with van der Waals surface area (Å²) in [5, 5.41) is 7.04. The fourth-order valence-corrected chi connectivity index (χ4v) is 3.77. The average molecular weight is 282 g/mol. The highest BCUT2D eigenvalue weighted by Gasteiger charge is 2.41. The van der Waals surface area contributed by atoms with Gasteiger partial charge in [-0.25, -0.2) is 4.98 Å². The van der Waals surface area contributed by atoms with E-state index in [1.807, 2.05) is 7.11 Å². The second-order valence-corrected chi connectivity index (χ2v) is 6.61. The first-order valence-electron chi connectivity index (χ1n) is 7.40.